The summed E-state index contributed by atoms with van der Waals surface area (Å²) in [5.41, 5.74) is 1.40. The molecule has 0 radical (unpaired) electrons. The SMILES string of the molecule is Fc1ccccc1CCN[C@H](Cc1ccccc1)C(F)F. The fraction of sp³-hybridized carbons (Fsp3) is 0.294. The average molecular weight is 293 g/mol. The summed E-state index contributed by atoms with van der Waals surface area (Å²) in [4.78, 5) is 0. The van der Waals surface area contributed by atoms with Crippen LogP contribution in [-0.2, 0) is 12.8 Å². The summed E-state index contributed by atoms with van der Waals surface area (Å²) < 4.78 is 39.6. The van der Waals surface area contributed by atoms with Crippen LogP contribution >= 0.6 is 0 Å². The van der Waals surface area contributed by atoms with E-state index in [4.69, 9.17) is 0 Å². The smallest absolute Gasteiger partial charge is 0.254 e. The Balaban J connectivity index is 1.87. The summed E-state index contributed by atoms with van der Waals surface area (Å²) >= 11 is 0. The zero-order valence-electron chi connectivity index (χ0n) is 11.6. The van der Waals surface area contributed by atoms with Gasteiger partial charge in [-0.1, -0.05) is 48.5 Å². The Hall–Kier alpha value is -1.81. The van der Waals surface area contributed by atoms with Gasteiger partial charge in [0.2, 0.25) is 0 Å². The van der Waals surface area contributed by atoms with Crippen LogP contribution in [-0.4, -0.2) is 19.0 Å². The van der Waals surface area contributed by atoms with E-state index in [-0.39, 0.29) is 12.2 Å². The third-order valence-electron chi connectivity index (χ3n) is 3.36. The lowest BCUT2D eigenvalue weighted by atomic mass is 10.1. The highest BCUT2D eigenvalue weighted by molar-refractivity contribution is 5.18. The van der Waals surface area contributed by atoms with Crippen LogP contribution in [0.5, 0.6) is 0 Å². The van der Waals surface area contributed by atoms with Crippen molar-refractivity contribution >= 4 is 0 Å². The van der Waals surface area contributed by atoms with Gasteiger partial charge < -0.3 is 5.32 Å². The summed E-state index contributed by atoms with van der Waals surface area (Å²) in [5.74, 6) is -0.295. The number of halogens is 3. The predicted molar refractivity (Wildman–Crippen MR) is 78.0 cm³/mol. The Labute approximate surface area is 122 Å². The first-order chi connectivity index (χ1) is 10.2. The van der Waals surface area contributed by atoms with Crippen LogP contribution in [0.1, 0.15) is 11.1 Å². The Kier molecular flexibility index (Phi) is 5.81. The van der Waals surface area contributed by atoms with Gasteiger partial charge in [-0.3, -0.25) is 0 Å². The molecule has 2 aromatic carbocycles. The van der Waals surface area contributed by atoms with Crippen molar-refractivity contribution in [2.45, 2.75) is 25.3 Å². The maximum atomic E-state index is 13.4. The van der Waals surface area contributed by atoms with Crippen molar-refractivity contribution in [2.24, 2.45) is 0 Å². The molecule has 2 aromatic rings. The largest absolute Gasteiger partial charge is 0.308 e. The van der Waals surface area contributed by atoms with Crippen LogP contribution in [0.15, 0.2) is 54.6 Å². The van der Waals surface area contributed by atoms with E-state index in [1.807, 2.05) is 30.3 Å². The van der Waals surface area contributed by atoms with Crippen molar-refractivity contribution in [1.29, 1.82) is 0 Å². The van der Waals surface area contributed by atoms with Crippen LogP contribution in [0.2, 0.25) is 0 Å². The average Bonchev–Trinajstić information content (AvgIpc) is 2.49. The van der Waals surface area contributed by atoms with Gasteiger partial charge in [0.1, 0.15) is 5.82 Å². The Morgan fingerprint density at radius 1 is 0.905 bits per heavy atom. The van der Waals surface area contributed by atoms with Gasteiger partial charge >= 0.3 is 0 Å². The standard InChI is InChI=1S/C17H18F3N/c18-15-9-5-4-8-14(15)10-11-21-16(17(19)20)12-13-6-2-1-3-7-13/h1-9,16-17,21H,10-12H2/t16-/m1/s1. The molecule has 21 heavy (non-hydrogen) atoms. The molecular formula is C17H18F3N. The number of benzene rings is 2. The fourth-order valence-electron chi connectivity index (χ4n) is 2.21. The van der Waals surface area contributed by atoms with Crippen LogP contribution < -0.4 is 5.32 Å². The van der Waals surface area contributed by atoms with Gasteiger partial charge in [-0.2, -0.15) is 0 Å². The quantitative estimate of drug-likeness (QED) is 0.818. The molecular weight excluding hydrogens is 275 g/mol. The van der Waals surface area contributed by atoms with Gasteiger partial charge in [-0.25, -0.2) is 13.2 Å². The number of nitrogens with one attached hydrogen (secondary N) is 1. The maximum absolute atomic E-state index is 13.4. The van der Waals surface area contributed by atoms with E-state index in [1.54, 1.807) is 18.2 Å². The second kappa shape index (κ2) is 7.84. The zero-order chi connectivity index (χ0) is 15.1. The van der Waals surface area contributed by atoms with E-state index < -0.39 is 12.5 Å². The minimum atomic E-state index is -2.45. The van der Waals surface area contributed by atoms with E-state index in [1.165, 1.54) is 6.07 Å². The van der Waals surface area contributed by atoms with E-state index >= 15 is 0 Å². The molecule has 4 heteroatoms. The molecule has 0 amide bonds. The molecule has 0 unspecified atom stereocenters. The second-order valence-corrected chi connectivity index (χ2v) is 4.93. The molecule has 0 aliphatic rings. The first-order valence-corrected chi connectivity index (χ1v) is 6.95. The fourth-order valence-corrected chi connectivity index (χ4v) is 2.21. The maximum Gasteiger partial charge on any atom is 0.254 e. The van der Waals surface area contributed by atoms with Crippen LogP contribution in [0.3, 0.4) is 0 Å². The van der Waals surface area contributed by atoms with Crippen molar-refractivity contribution in [2.75, 3.05) is 6.54 Å². The topological polar surface area (TPSA) is 12.0 Å². The van der Waals surface area contributed by atoms with Crippen molar-refractivity contribution in [3.63, 3.8) is 0 Å². The molecule has 0 saturated carbocycles. The van der Waals surface area contributed by atoms with Gasteiger partial charge in [0.25, 0.3) is 6.43 Å². The molecule has 0 aliphatic carbocycles. The molecule has 2 rings (SSSR count). The molecule has 0 fully saturated rings. The van der Waals surface area contributed by atoms with Crippen molar-refractivity contribution in [3.8, 4) is 0 Å². The summed E-state index contributed by atoms with van der Waals surface area (Å²) in [7, 11) is 0. The molecule has 1 atom stereocenters. The highest BCUT2D eigenvalue weighted by atomic mass is 19.3. The summed E-state index contributed by atoms with van der Waals surface area (Å²) in [6, 6.07) is 14.7. The van der Waals surface area contributed by atoms with Crippen molar-refractivity contribution in [1.82, 2.24) is 5.32 Å². The second-order valence-electron chi connectivity index (χ2n) is 4.93. The first kappa shape index (κ1) is 15.6. The molecule has 0 spiro atoms. The zero-order valence-corrected chi connectivity index (χ0v) is 11.6. The first-order valence-electron chi connectivity index (χ1n) is 6.95. The van der Waals surface area contributed by atoms with E-state index in [0.717, 1.165) is 5.56 Å². The Morgan fingerprint density at radius 2 is 1.57 bits per heavy atom. The normalized spacial score (nSPS) is 12.6. The van der Waals surface area contributed by atoms with Crippen LogP contribution in [0.4, 0.5) is 13.2 Å². The van der Waals surface area contributed by atoms with E-state index in [0.29, 0.717) is 18.5 Å². The number of hydrogen-bond acceptors (Lipinski definition) is 1. The molecule has 0 heterocycles. The van der Waals surface area contributed by atoms with E-state index in [9.17, 15) is 13.2 Å². The molecule has 0 aliphatic heterocycles. The monoisotopic (exact) mass is 293 g/mol. The van der Waals surface area contributed by atoms with Crippen molar-refractivity contribution in [3.05, 3.63) is 71.5 Å². The molecule has 1 N–H and O–H groups in total. The highest BCUT2D eigenvalue weighted by Crippen LogP contribution is 2.11. The lowest BCUT2D eigenvalue weighted by Gasteiger charge is -2.18. The van der Waals surface area contributed by atoms with Gasteiger partial charge in [-0.15, -0.1) is 0 Å². The Bertz CT molecular complexity index is 543. The molecule has 112 valence electrons. The van der Waals surface area contributed by atoms with Crippen molar-refractivity contribution < 1.29 is 13.2 Å². The van der Waals surface area contributed by atoms with Crippen LogP contribution in [0, 0.1) is 5.82 Å². The number of alkyl halides is 2. The lowest BCUT2D eigenvalue weighted by molar-refractivity contribution is 0.0984. The van der Waals surface area contributed by atoms with Gasteiger partial charge in [0.15, 0.2) is 0 Å². The third kappa shape index (κ3) is 4.90. The Morgan fingerprint density at radius 3 is 2.24 bits per heavy atom. The third-order valence-corrected chi connectivity index (χ3v) is 3.36. The number of hydrogen-bond donors (Lipinski definition) is 1. The summed E-state index contributed by atoms with van der Waals surface area (Å²) in [6.45, 7) is 0.322. The molecule has 0 aromatic heterocycles. The van der Waals surface area contributed by atoms with Gasteiger partial charge in [0.05, 0.1) is 6.04 Å². The van der Waals surface area contributed by atoms with Crippen LogP contribution in [0.25, 0.3) is 0 Å². The minimum absolute atomic E-state index is 0.260. The van der Waals surface area contributed by atoms with Gasteiger partial charge in [0, 0.05) is 0 Å². The molecule has 1 nitrogen and oxygen atoms in total. The predicted octanol–water partition coefficient (Wildman–Crippen LogP) is 3.83. The number of rotatable bonds is 7. The van der Waals surface area contributed by atoms with Gasteiger partial charge in [-0.05, 0) is 36.6 Å². The molecule has 0 bridgehead atoms. The van der Waals surface area contributed by atoms with E-state index in [2.05, 4.69) is 5.32 Å². The summed E-state index contributed by atoms with van der Waals surface area (Å²) in [5, 5.41) is 2.83. The lowest BCUT2D eigenvalue weighted by Crippen LogP contribution is -2.38. The highest BCUT2D eigenvalue weighted by Gasteiger charge is 2.19. The minimum Gasteiger partial charge on any atom is -0.308 e. The molecule has 0 saturated heterocycles. The summed E-state index contributed by atoms with van der Waals surface area (Å²) in [6.07, 6.45) is -1.80.